The lowest BCUT2D eigenvalue weighted by molar-refractivity contribution is -0.138. The number of fused-ring (bicyclic) bond motifs is 1. The summed E-state index contributed by atoms with van der Waals surface area (Å²) in [5.74, 6) is 6.04. The maximum absolute atomic E-state index is 12.3. The van der Waals surface area contributed by atoms with E-state index in [4.69, 9.17) is 5.73 Å². The molecule has 7 heteroatoms. The third-order valence-electron chi connectivity index (χ3n) is 5.17. The van der Waals surface area contributed by atoms with Crippen LogP contribution in [0.4, 0.5) is 5.82 Å². The summed E-state index contributed by atoms with van der Waals surface area (Å²) in [4.78, 5) is 26.9. The molecule has 3 heterocycles. The second-order valence-corrected chi connectivity index (χ2v) is 7.40. The molecule has 29 heavy (non-hydrogen) atoms. The van der Waals surface area contributed by atoms with Crippen LogP contribution in [0, 0.1) is 24.7 Å². The lowest BCUT2D eigenvalue weighted by Gasteiger charge is -2.17. The molecule has 1 aromatic carbocycles. The average molecular weight is 387 g/mol. The number of carbonyl (C=O) groups excluding carboxylic acids is 1. The van der Waals surface area contributed by atoms with Crippen LogP contribution in [0.15, 0.2) is 36.4 Å². The number of aryl methyl sites for hydroxylation is 1. The standard InChI is InChI=1S/C22H21N5O2/c1-13-12-27(3)21(28)22(13,29)10-9-15-5-4-6-16(11-15)17-7-8-18-19(26-17)20(23)25-14(2)24-18/h4-8,11,13,29H,12H2,1-3H3,(H2,23,24,25)/t13-,22+/m0/s1. The van der Waals surface area contributed by atoms with Crippen molar-refractivity contribution in [3.8, 4) is 23.1 Å². The van der Waals surface area contributed by atoms with Crippen LogP contribution in [-0.4, -0.2) is 50.1 Å². The molecule has 1 aliphatic heterocycles. The number of likely N-dealkylation sites (N-methyl/N-ethyl adjacent to an activating group) is 1. The number of pyridine rings is 1. The van der Waals surface area contributed by atoms with Crippen LogP contribution in [0.3, 0.4) is 0 Å². The van der Waals surface area contributed by atoms with Gasteiger partial charge in [0, 0.05) is 30.6 Å². The van der Waals surface area contributed by atoms with E-state index in [9.17, 15) is 9.90 Å². The van der Waals surface area contributed by atoms with E-state index in [0.29, 0.717) is 40.5 Å². The van der Waals surface area contributed by atoms with Crippen molar-refractivity contribution < 1.29 is 9.90 Å². The van der Waals surface area contributed by atoms with E-state index in [1.54, 1.807) is 14.0 Å². The second-order valence-electron chi connectivity index (χ2n) is 7.40. The molecule has 0 unspecified atom stereocenters. The van der Waals surface area contributed by atoms with Crippen LogP contribution in [0.1, 0.15) is 18.3 Å². The zero-order valence-corrected chi connectivity index (χ0v) is 16.5. The first-order chi connectivity index (χ1) is 13.8. The summed E-state index contributed by atoms with van der Waals surface area (Å²) in [6.07, 6.45) is 0. The number of likely N-dealkylation sites (tertiary alicyclic amines) is 1. The maximum Gasteiger partial charge on any atom is 0.267 e. The predicted molar refractivity (Wildman–Crippen MR) is 111 cm³/mol. The highest BCUT2D eigenvalue weighted by Gasteiger charge is 2.48. The van der Waals surface area contributed by atoms with Gasteiger partial charge in [-0.3, -0.25) is 4.79 Å². The van der Waals surface area contributed by atoms with Gasteiger partial charge in [0.1, 0.15) is 11.3 Å². The Bertz CT molecular complexity index is 1200. The number of rotatable bonds is 1. The van der Waals surface area contributed by atoms with E-state index in [-0.39, 0.29) is 11.8 Å². The molecule has 0 radical (unpaired) electrons. The molecule has 2 aromatic heterocycles. The van der Waals surface area contributed by atoms with Gasteiger partial charge in [0.2, 0.25) is 5.60 Å². The van der Waals surface area contributed by atoms with E-state index in [0.717, 1.165) is 5.56 Å². The first-order valence-corrected chi connectivity index (χ1v) is 9.30. The third kappa shape index (κ3) is 3.28. The molecule has 146 valence electrons. The summed E-state index contributed by atoms with van der Waals surface area (Å²) in [6.45, 7) is 4.08. The lowest BCUT2D eigenvalue weighted by atomic mass is 9.92. The van der Waals surface area contributed by atoms with Crippen molar-refractivity contribution in [2.75, 3.05) is 19.3 Å². The molecule has 2 atom stereocenters. The number of nitrogens with two attached hydrogens (primary N) is 1. The normalized spacial score (nSPS) is 21.3. The number of amides is 1. The molecule has 7 nitrogen and oxygen atoms in total. The number of aromatic nitrogens is 3. The molecule has 3 aromatic rings. The van der Waals surface area contributed by atoms with Crippen molar-refractivity contribution >= 4 is 22.8 Å². The number of nitrogens with zero attached hydrogens (tertiary/aromatic N) is 4. The second kappa shape index (κ2) is 6.83. The molecule has 0 spiro atoms. The molecule has 1 amide bonds. The van der Waals surface area contributed by atoms with Crippen LogP contribution in [0.2, 0.25) is 0 Å². The van der Waals surface area contributed by atoms with Gasteiger partial charge in [-0.05, 0) is 31.2 Å². The number of nitrogen functional groups attached to an aromatic ring is 1. The summed E-state index contributed by atoms with van der Waals surface area (Å²) in [5, 5.41) is 10.7. The smallest absolute Gasteiger partial charge is 0.267 e. The first kappa shape index (κ1) is 18.8. The van der Waals surface area contributed by atoms with Crippen molar-refractivity contribution in [3.05, 3.63) is 47.8 Å². The average Bonchev–Trinajstić information content (AvgIpc) is 2.89. The lowest BCUT2D eigenvalue weighted by Crippen LogP contribution is -2.40. The Labute approximate surface area is 168 Å². The molecule has 1 fully saturated rings. The number of anilines is 1. The molecule has 1 saturated heterocycles. The van der Waals surface area contributed by atoms with Crippen molar-refractivity contribution in [1.29, 1.82) is 0 Å². The topological polar surface area (TPSA) is 105 Å². The Hall–Kier alpha value is -3.50. The van der Waals surface area contributed by atoms with Crippen LogP contribution in [0.5, 0.6) is 0 Å². The van der Waals surface area contributed by atoms with E-state index < -0.39 is 5.60 Å². The fourth-order valence-electron chi connectivity index (χ4n) is 3.55. The highest BCUT2D eigenvalue weighted by molar-refractivity contribution is 5.91. The van der Waals surface area contributed by atoms with Gasteiger partial charge in [0.25, 0.3) is 5.91 Å². The van der Waals surface area contributed by atoms with Gasteiger partial charge in [-0.25, -0.2) is 15.0 Å². The molecule has 4 rings (SSSR count). The van der Waals surface area contributed by atoms with Crippen molar-refractivity contribution in [2.45, 2.75) is 19.4 Å². The van der Waals surface area contributed by atoms with Crippen LogP contribution in [0.25, 0.3) is 22.3 Å². The monoisotopic (exact) mass is 387 g/mol. The number of benzene rings is 1. The third-order valence-corrected chi connectivity index (χ3v) is 5.17. The molecule has 1 aliphatic rings. The van der Waals surface area contributed by atoms with Gasteiger partial charge in [-0.2, -0.15) is 0 Å². The van der Waals surface area contributed by atoms with Gasteiger partial charge in [-0.15, -0.1) is 0 Å². The highest BCUT2D eigenvalue weighted by Crippen LogP contribution is 2.28. The Morgan fingerprint density at radius 3 is 2.76 bits per heavy atom. The van der Waals surface area contributed by atoms with Gasteiger partial charge in [0.05, 0.1) is 11.2 Å². The quantitative estimate of drug-likeness (QED) is 0.617. The largest absolute Gasteiger partial charge is 0.382 e. The van der Waals surface area contributed by atoms with Crippen LogP contribution in [-0.2, 0) is 4.79 Å². The van der Waals surface area contributed by atoms with Gasteiger partial charge >= 0.3 is 0 Å². The minimum atomic E-state index is -1.66. The van der Waals surface area contributed by atoms with Gasteiger partial charge in [0.15, 0.2) is 5.82 Å². The summed E-state index contributed by atoms with van der Waals surface area (Å²) in [7, 11) is 1.67. The number of aliphatic hydroxyl groups is 1. The van der Waals surface area contributed by atoms with Crippen LogP contribution >= 0.6 is 0 Å². The SMILES string of the molecule is Cc1nc(N)c2nc(-c3cccc(C#C[C@]4(O)C(=O)N(C)C[C@@H]4C)c3)ccc2n1. The molecule has 0 aliphatic carbocycles. The fourth-order valence-corrected chi connectivity index (χ4v) is 3.55. The summed E-state index contributed by atoms with van der Waals surface area (Å²) in [6, 6.07) is 11.2. The number of carbonyl (C=O) groups is 1. The fraction of sp³-hybridized carbons (Fsp3) is 0.273. The van der Waals surface area contributed by atoms with Crippen molar-refractivity contribution in [1.82, 2.24) is 19.9 Å². The molecular weight excluding hydrogens is 366 g/mol. The van der Waals surface area contributed by atoms with E-state index in [1.165, 1.54) is 4.90 Å². The molecular formula is C22H21N5O2. The minimum Gasteiger partial charge on any atom is -0.382 e. The summed E-state index contributed by atoms with van der Waals surface area (Å²) < 4.78 is 0. The molecule has 3 N–H and O–H groups in total. The molecule has 0 bridgehead atoms. The Kier molecular flexibility index (Phi) is 4.44. The summed E-state index contributed by atoms with van der Waals surface area (Å²) in [5.41, 5.74) is 7.82. The van der Waals surface area contributed by atoms with E-state index in [2.05, 4.69) is 26.8 Å². The first-order valence-electron chi connectivity index (χ1n) is 9.30. The van der Waals surface area contributed by atoms with E-state index in [1.807, 2.05) is 43.3 Å². The zero-order chi connectivity index (χ0) is 20.8. The minimum absolute atomic E-state index is 0.260. The van der Waals surface area contributed by atoms with Crippen molar-refractivity contribution in [3.63, 3.8) is 0 Å². The highest BCUT2D eigenvalue weighted by atomic mass is 16.3. The Balaban J connectivity index is 1.71. The van der Waals surface area contributed by atoms with Gasteiger partial charge in [-0.1, -0.05) is 30.9 Å². The van der Waals surface area contributed by atoms with Crippen LogP contribution < -0.4 is 5.73 Å². The Morgan fingerprint density at radius 2 is 2.03 bits per heavy atom. The Morgan fingerprint density at radius 1 is 1.24 bits per heavy atom. The predicted octanol–water partition coefficient (Wildman–Crippen LogP) is 1.77. The van der Waals surface area contributed by atoms with E-state index >= 15 is 0 Å². The zero-order valence-electron chi connectivity index (χ0n) is 16.5. The molecule has 0 saturated carbocycles. The maximum atomic E-state index is 12.3. The van der Waals surface area contributed by atoms with Gasteiger partial charge < -0.3 is 15.7 Å². The van der Waals surface area contributed by atoms with Crippen molar-refractivity contribution in [2.24, 2.45) is 5.92 Å². The summed E-state index contributed by atoms with van der Waals surface area (Å²) >= 11 is 0. The number of hydrogen-bond donors (Lipinski definition) is 2. The number of hydrogen-bond acceptors (Lipinski definition) is 6.